The zero-order valence-corrected chi connectivity index (χ0v) is 8.71. The second-order valence-electron chi connectivity index (χ2n) is 3.21. The molecule has 0 bridgehead atoms. The molecule has 1 N–H and O–H groups in total. The molecule has 0 radical (unpaired) electrons. The molecule has 1 aromatic heterocycles. The molecule has 0 aliphatic heterocycles. The van der Waals surface area contributed by atoms with Crippen LogP contribution < -0.4 is 0 Å². The fourth-order valence-corrected chi connectivity index (χ4v) is 1.50. The van der Waals surface area contributed by atoms with Gasteiger partial charge in [-0.2, -0.15) is 0 Å². The van der Waals surface area contributed by atoms with Crippen LogP contribution in [0.2, 0.25) is 5.22 Å². The Morgan fingerprint density at radius 2 is 1.94 bits per heavy atom. The fourth-order valence-electron chi connectivity index (χ4n) is 1.35. The van der Waals surface area contributed by atoms with Gasteiger partial charge in [0.1, 0.15) is 23.5 Å². The Morgan fingerprint density at radius 1 is 1.19 bits per heavy atom. The van der Waals surface area contributed by atoms with Crippen molar-refractivity contribution in [1.82, 2.24) is 0 Å². The smallest absolute Gasteiger partial charge is 0.193 e. The van der Waals surface area contributed by atoms with Crippen LogP contribution in [0, 0.1) is 11.6 Å². The highest BCUT2D eigenvalue weighted by Crippen LogP contribution is 2.27. The van der Waals surface area contributed by atoms with Crippen LogP contribution in [-0.4, -0.2) is 5.11 Å². The largest absolute Gasteiger partial charge is 0.447 e. The Labute approximate surface area is 95.1 Å². The minimum absolute atomic E-state index is 0.0626. The number of benzene rings is 1. The zero-order chi connectivity index (χ0) is 11.7. The third-order valence-corrected chi connectivity index (χ3v) is 2.32. The minimum Gasteiger partial charge on any atom is -0.447 e. The number of rotatable bonds is 2. The summed E-state index contributed by atoms with van der Waals surface area (Å²) < 4.78 is 30.9. The molecule has 2 rings (SSSR count). The molecule has 0 saturated carbocycles. The van der Waals surface area contributed by atoms with Gasteiger partial charge < -0.3 is 9.52 Å². The number of aliphatic hydroxyl groups is 1. The first-order chi connectivity index (χ1) is 7.58. The van der Waals surface area contributed by atoms with Crippen molar-refractivity contribution in [3.63, 3.8) is 0 Å². The Morgan fingerprint density at radius 3 is 2.50 bits per heavy atom. The molecule has 0 fully saturated rings. The maximum atomic E-state index is 13.3. The summed E-state index contributed by atoms with van der Waals surface area (Å²) in [5.74, 6) is -1.43. The van der Waals surface area contributed by atoms with Gasteiger partial charge in [0.25, 0.3) is 0 Å². The predicted molar refractivity (Wildman–Crippen MR) is 54.1 cm³/mol. The molecule has 0 aliphatic carbocycles. The van der Waals surface area contributed by atoms with Crippen molar-refractivity contribution < 1.29 is 18.3 Å². The number of hydrogen-bond donors (Lipinski definition) is 1. The third kappa shape index (κ3) is 2.08. The van der Waals surface area contributed by atoms with Crippen LogP contribution in [0.1, 0.15) is 17.4 Å². The number of furan rings is 1. The van der Waals surface area contributed by atoms with Crippen molar-refractivity contribution in [3.05, 3.63) is 58.5 Å². The van der Waals surface area contributed by atoms with Gasteiger partial charge >= 0.3 is 0 Å². The molecule has 0 saturated heterocycles. The molecule has 16 heavy (non-hydrogen) atoms. The van der Waals surface area contributed by atoms with Crippen LogP contribution in [0.15, 0.2) is 34.7 Å². The van der Waals surface area contributed by atoms with E-state index in [1.54, 1.807) is 0 Å². The highest BCUT2D eigenvalue weighted by molar-refractivity contribution is 6.28. The van der Waals surface area contributed by atoms with Crippen molar-refractivity contribution in [2.45, 2.75) is 6.10 Å². The molecule has 0 amide bonds. The molecule has 5 heteroatoms. The summed E-state index contributed by atoms with van der Waals surface area (Å²) in [6.45, 7) is 0. The molecule has 0 aliphatic rings. The van der Waals surface area contributed by atoms with Crippen LogP contribution in [0.4, 0.5) is 8.78 Å². The lowest BCUT2D eigenvalue weighted by Gasteiger charge is -2.08. The van der Waals surface area contributed by atoms with Gasteiger partial charge in [0.15, 0.2) is 5.22 Å². The Kier molecular flexibility index (Phi) is 2.94. The number of halogens is 3. The van der Waals surface area contributed by atoms with Crippen molar-refractivity contribution in [1.29, 1.82) is 0 Å². The quantitative estimate of drug-likeness (QED) is 0.879. The van der Waals surface area contributed by atoms with E-state index in [0.29, 0.717) is 6.07 Å². The average molecular weight is 245 g/mol. The molecule has 1 atom stereocenters. The van der Waals surface area contributed by atoms with Crippen LogP contribution >= 0.6 is 11.6 Å². The minimum atomic E-state index is -1.30. The lowest BCUT2D eigenvalue weighted by atomic mass is 10.1. The molecule has 2 aromatic rings. The summed E-state index contributed by atoms with van der Waals surface area (Å²) in [4.78, 5) is 0. The molecule has 84 valence electrons. The van der Waals surface area contributed by atoms with Gasteiger partial charge in [-0.25, -0.2) is 8.78 Å². The van der Waals surface area contributed by atoms with Crippen LogP contribution in [0.3, 0.4) is 0 Å². The molecule has 1 heterocycles. The lowest BCUT2D eigenvalue weighted by molar-refractivity contribution is 0.184. The molecule has 1 unspecified atom stereocenters. The predicted octanol–water partition coefficient (Wildman–Crippen LogP) is 3.29. The van der Waals surface area contributed by atoms with E-state index in [1.165, 1.54) is 12.1 Å². The topological polar surface area (TPSA) is 33.4 Å². The Bertz CT molecular complexity index is 510. The molecular weight excluding hydrogens is 238 g/mol. The van der Waals surface area contributed by atoms with Gasteiger partial charge in [0.05, 0.1) is 0 Å². The van der Waals surface area contributed by atoms with E-state index in [2.05, 4.69) is 0 Å². The van der Waals surface area contributed by atoms with Gasteiger partial charge in [0, 0.05) is 11.6 Å². The van der Waals surface area contributed by atoms with Crippen LogP contribution in [-0.2, 0) is 0 Å². The fraction of sp³-hybridized carbons (Fsp3) is 0.0909. The van der Waals surface area contributed by atoms with E-state index in [-0.39, 0.29) is 16.5 Å². The lowest BCUT2D eigenvalue weighted by Crippen LogP contribution is -2.01. The first-order valence-corrected chi connectivity index (χ1v) is 4.84. The third-order valence-electron chi connectivity index (χ3n) is 2.12. The Balaban J connectivity index is 2.37. The van der Waals surface area contributed by atoms with Gasteiger partial charge in [-0.3, -0.25) is 0 Å². The van der Waals surface area contributed by atoms with Gasteiger partial charge in [0.2, 0.25) is 0 Å². The van der Waals surface area contributed by atoms with Crippen LogP contribution in [0.5, 0.6) is 0 Å². The summed E-state index contributed by atoms with van der Waals surface area (Å²) in [6.07, 6.45) is -1.30. The summed E-state index contributed by atoms with van der Waals surface area (Å²) in [6, 6.07) is 5.78. The molecule has 1 aromatic carbocycles. The van der Waals surface area contributed by atoms with Crippen molar-refractivity contribution in [3.8, 4) is 0 Å². The van der Waals surface area contributed by atoms with E-state index in [9.17, 15) is 13.9 Å². The van der Waals surface area contributed by atoms with E-state index >= 15 is 0 Å². The Hall–Kier alpha value is -1.39. The number of hydrogen-bond acceptors (Lipinski definition) is 2. The van der Waals surface area contributed by atoms with E-state index in [0.717, 1.165) is 12.1 Å². The van der Waals surface area contributed by atoms with E-state index in [4.69, 9.17) is 16.0 Å². The first kappa shape index (κ1) is 11.1. The highest BCUT2D eigenvalue weighted by Gasteiger charge is 2.18. The molecule has 2 nitrogen and oxygen atoms in total. The second-order valence-corrected chi connectivity index (χ2v) is 3.58. The summed E-state index contributed by atoms with van der Waals surface area (Å²) in [7, 11) is 0. The molecular formula is C11H7ClF2O2. The van der Waals surface area contributed by atoms with Crippen molar-refractivity contribution >= 4 is 11.6 Å². The second kappa shape index (κ2) is 4.23. The SMILES string of the molecule is OC(c1ccc(Cl)o1)c1ccc(F)cc1F. The van der Waals surface area contributed by atoms with Gasteiger partial charge in [-0.15, -0.1) is 0 Å². The van der Waals surface area contributed by atoms with Crippen LogP contribution in [0.25, 0.3) is 0 Å². The number of aliphatic hydroxyl groups excluding tert-OH is 1. The summed E-state index contributed by atoms with van der Waals surface area (Å²) in [5, 5.41) is 9.86. The van der Waals surface area contributed by atoms with Gasteiger partial charge in [-0.1, -0.05) is 6.07 Å². The first-order valence-electron chi connectivity index (χ1n) is 4.46. The van der Waals surface area contributed by atoms with E-state index in [1.807, 2.05) is 0 Å². The molecule has 0 spiro atoms. The standard InChI is InChI=1S/C11H7ClF2O2/c12-10-4-3-9(16-10)11(15)7-2-1-6(13)5-8(7)14/h1-5,11,15H. The normalized spacial score (nSPS) is 12.8. The van der Waals surface area contributed by atoms with Crippen molar-refractivity contribution in [2.24, 2.45) is 0 Å². The maximum absolute atomic E-state index is 13.3. The average Bonchev–Trinajstić information content (AvgIpc) is 2.64. The maximum Gasteiger partial charge on any atom is 0.193 e. The van der Waals surface area contributed by atoms with E-state index < -0.39 is 17.7 Å². The van der Waals surface area contributed by atoms with Gasteiger partial charge in [-0.05, 0) is 29.8 Å². The highest BCUT2D eigenvalue weighted by atomic mass is 35.5. The van der Waals surface area contributed by atoms with Crippen molar-refractivity contribution in [2.75, 3.05) is 0 Å². The monoisotopic (exact) mass is 244 g/mol. The summed E-state index contributed by atoms with van der Waals surface area (Å²) >= 11 is 5.53. The zero-order valence-electron chi connectivity index (χ0n) is 7.95. The summed E-state index contributed by atoms with van der Waals surface area (Å²) in [5.41, 5.74) is -0.0626.